The summed E-state index contributed by atoms with van der Waals surface area (Å²) in [6.45, 7) is 8.60. The standard InChI is InChI=1S/C31H36N6O4/c1-31(2,3)32-30(39)29(22-12-14-23(15-13-22)35-16-18-41-19-17-35)37(24-8-7-9-25(20-24)40-4)28(38)21-36-27-11-6-5-10-26(27)33-34-36/h5-15,20,29H,16-19,21H2,1-4H3,(H,32,39). The molecular weight excluding hydrogens is 520 g/mol. The van der Waals surface area contributed by atoms with Crippen LogP contribution in [0.1, 0.15) is 32.4 Å². The van der Waals surface area contributed by atoms with Crippen molar-refractivity contribution in [3.05, 3.63) is 78.4 Å². The third-order valence-corrected chi connectivity index (χ3v) is 6.90. The maximum Gasteiger partial charge on any atom is 0.249 e. The summed E-state index contributed by atoms with van der Waals surface area (Å²) in [7, 11) is 1.57. The Labute approximate surface area is 239 Å². The van der Waals surface area contributed by atoms with Gasteiger partial charge in [0.2, 0.25) is 11.8 Å². The summed E-state index contributed by atoms with van der Waals surface area (Å²) in [6.07, 6.45) is 0. The van der Waals surface area contributed by atoms with Crippen molar-refractivity contribution in [3.63, 3.8) is 0 Å². The summed E-state index contributed by atoms with van der Waals surface area (Å²) >= 11 is 0. The molecule has 1 N–H and O–H groups in total. The molecule has 2 heterocycles. The highest BCUT2D eigenvalue weighted by molar-refractivity contribution is 6.02. The second kappa shape index (κ2) is 12.0. The van der Waals surface area contributed by atoms with E-state index >= 15 is 0 Å². The smallest absolute Gasteiger partial charge is 0.249 e. The molecule has 0 spiro atoms. The lowest BCUT2D eigenvalue weighted by atomic mass is 10.00. The van der Waals surface area contributed by atoms with E-state index in [0.717, 1.165) is 24.3 Å². The Morgan fingerprint density at radius 1 is 1.02 bits per heavy atom. The average molecular weight is 557 g/mol. The maximum atomic E-state index is 14.2. The molecule has 4 aromatic rings. The Morgan fingerprint density at radius 2 is 1.76 bits per heavy atom. The SMILES string of the molecule is COc1cccc(N(C(=O)Cn2nnc3ccccc32)C(C(=O)NC(C)(C)C)c2ccc(N3CCOCC3)cc2)c1. The zero-order chi connectivity index (χ0) is 29.0. The van der Waals surface area contributed by atoms with E-state index < -0.39 is 11.6 Å². The Morgan fingerprint density at radius 3 is 2.46 bits per heavy atom. The number of amides is 2. The highest BCUT2D eigenvalue weighted by atomic mass is 16.5. The van der Waals surface area contributed by atoms with Crippen LogP contribution in [0, 0.1) is 0 Å². The van der Waals surface area contributed by atoms with Gasteiger partial charge in [0.15, 0.2) is 0 Å². The van der Waals surface area contributed by atoms with Gasteiger partial charge in [-0.2, -0.15) is 0 Å². The fraction of sp³-hybridized carbons (Fsp3) is 0.355. The van der Waals surface area contributed by atoms with Crippen LogP contribution >= 0.6 is 0 Å². The van der Waals surface area contributed by atoms with E-state index in [1.807, 2.05) is 69.3 Å². The number of hydrogen-bond acceptors (Lipinski definition) is 7. The minimum absolute atomic E-state index is 0.108. The molecule has 0 radical (unpaired) electrons. The number of carbonyl (C=O) groups is 2. The molecule has 1 aliphatic heterocycles. The average Bonchev–Trinajstić information content (AvgIpc) is 3.38. The van der Waals surface area contributed by atoms with Crippen LogP contribution in [0.15, 0.2) is 72.8 Å². The molecule has 0 saturated carbocycles. The number of para-hydroxylation sites is 1. The molecule has 3 aromatic carbocycles. The number of nitrogens with one attached hydrogen (secondary N) is 1. The fourth-order valence-electron chi connectivity index (χ4n) is 4.98. The number of fused-ring (bicyclic) bond motifs is 1. The number of carbonyl (C=O) groups excluding carboxylic acids is 2. The number of methoxy groups -OCH3 is 1. The van der Waals surface area contributed by atoms with Crippen LogP contribution < -0.4 is 19.9 Å². The van der Waals surface area contributed by atoms with Gasteiger partial charge in [-0.1, -0.05) is 35.5 Å². The number of aromatic nitrogens is 3. The molecule has 0 aliphatic carbocycles. The van der Waals surface area contributed by atoms with Crippen molar-refractivity contribution >= 4 is 34.2 Å². The molecule has 1 atom stereocenters. The minimum atomic E-state index is -0.956. The second-order valence-electron chi connectivity index (χ2n) is 11.0. The number of benzene rings is 3. The molecule has 1 saturated heterocycles. The van der Waals surface area contributed by atoms with Crippen LogP contribution in [0.4, 0.5) is 11.4 Å². The van der Waals surface area contributed by atoms with Crippen LogP contribution in [0.25, 0.3) is 11.0 Å². The largest absolute Gasteiger partial charge is 0.497 e. The first-order valence-electron chi connectivity index (χ1n) is 13.7. The molecule has 1 unspecified atom stereocenters. The van der Waals surface area contributed by atoms with Gasteiger partial charge in [-0.3, -0.25) is 14.5 Å². The van der Waals surface area contributed by atoms with Crippen molar-refractivity contribution in [3.8, 4) is 5.75 Å². The fourth-order valence-corrected chi connectivity index (χ4v) is 4.98. The molecule has 10 nitrogen and oxygen atoms in total. The normalized spacial score (nSPS) is 14.5. The van der Waals surface area contributed by atoms with E-state index in [9.17, 15) is 9.59 Å². The van der Waals surface area contributed by atoms with Gasteiger partial charge in [0.1, 0.15) is 23.9 Å². The zero-order valence-electron chi connectivity index (χ0n) is 23.9. The Kier molecular flexibility index (Phi) is 8.21. The van der Waals surface area contributed by atoms with Crippen LogP contribution in [0.2, 0.25) is 0 Å². The van der Waals surface area contributed by atoms with Crippen LogP contribution in [0.5, 0.6) is 5.75 Å². The third-order valence-electron chi connectivity index (χ3n) is 6.90. The van der Waals surface area contributed by atoms with Gasteiger partial charge < -0.3 is 19.7 Å². The maximum absolute atomic E-state index is 14.2. The number of anilines is 2. The first-order chi connectivity index (χ1) is 19.7. The quantitative estimate of drug-likeness (QED) is 0.351. The van der Waals surface area contributed by atoms with Crippen molar-refractivity contribution in [2.45, 2.75) is 38.9 Å². The van der Waals surface area contributed by atoms with Crippen LogP contribution in [-0.2, 0) is 20.9 Å². The van der Waals surface area contributed by atoms with Crippen molar-refractivity contribution in [1.82, 2.24) is 20.3 Å². The Balaban J connectivity index is 1.58. The number of rotatable bonds is 8. The van der Waals surface area contributed by atoms with E-state index in [2.05, 4.69) is 20.5 Å². The van der Waals surface area contributed by atoms with Gasteiger partial charge in [0.25, 0.3) is 0 Å². The predicted octanol–water partition coefficient (Wildman–Crippen LogP) is 3.97. The Bertz CT molecular complexity index is 1510. The van der Waals surface area contributed by atoms with E-state index in [4.69, 9.17) is 9.47 Å². The van der Waals surface area contributed by atoms with Crippen molar-refractivity contribution in [2.75, 3.05) is 43.2 Å². The van der Waals surface area contributed by atoms with Gasteiger partial charge in [0, 0.05) is 36.1 Å². The predicted molar refractivity (Wildman–Crippen MR) is 158 cm³/mol. The highest BCUT2D eigenvalue weighted by Crippen LogP contribution is 2.32. The van der Waals surface area contributed by atoms with Crippen molar-refractivity contribution in [2.24, 2.45) is 0 Å². The van der Waals surface area contributed by atoms with Crippen molar-refractivity contribution in [1.29, 1.82) is 0 Å². The first-order valence-corrected chi connectivity index (χ1v) is 13.7. The first kappa shape index (κ1) is 28.1. The molecular formula is C31H36N6O4. The van der Waals surface area contributed by atoms with Crippen LogP contribution in [-0.4, -0.2) is 65.8 Å². The van der Waals surface area contributed by atoms with Gasteiger partial charge >= 0.3 is 0 Å². The summed E-state index contributed by atoms with van der Waals surface area (Å²) in [5, 5.41) is 11.5. The molecule has 10 heteroatoms. The molecule has 5 rings (SSSR count). The molecule has 214 valence electrons. The molecule has 0 bridgehead atoms. The number of ether oxygens (including phenoxy) is 2. The molecule has 41 heavy (non-hydrogen) atoms. The molecule has 1 aliphatic rings. The summed E-state index contributed by atoms with van der Waals surface area (Å²) in [5.74, 6) is -0.0411. The summed E-state index contributed by atoms with van der Waals surface area (Å²) < 4.78 is 12.5. The topological polar surface area (TPSA) is 102 Å². The molecule has 1 fully saturated rings. The highest BCUT2D eigenvalue weighted by Gasteiger charge is 2.35. The van der Waals surface area contributed by atoms with Crippen molar-refractivity contribution < 1.29 is 19.1 Å². The molecule has 2 amide bonds. The van der Waals surface area contributed by atoms with Gasteiger partial charge in [-0.05, 0) is 62.7 Å². The minimum Gasteiger partial charge on any atom is -0.497 e. The summed E-state index contributed by atoms with van der Waals surface area (Å²) in [5.41, 5.74) is 3.16. The van der Waals surface area contributed by atoms with Gasteiger partial charge in [0.05, 0.1) is 25.8 Å². The van der Waals surface area contributed by atoms with E-state index in [0.29, 0.717) is 35.7 Å². The van der Waals surface area contributed by atoms with E-state index in [1.54, 1.807) is 36.1 Å². The van der Waals surface area contributed by atoms with Gasteiger partial charge in [-0.25, -0.2) is 4.68 Å². The van der Waals surface area contributed by atoms with Crippen LogP contribution in [0.3, 0.4) is 0 Å². The number of hydrogen-bond donors (Lipinski definition) is 1. The lowest BCUT2D eigenvalue weighted by Gasteiger charge is -2.34. The lowest BCUT2D eigenvalue weighted by Crippen LogP contribution is -2.50. The monoisotopic (exact) mass is 556 g/mol. The summed E-state index contributed by atoms with van der Waals surface area (Å²) in [6, 6.07) is 21.5. The second-order valence-corrected chi connectivity index (χ2v) is 11.0. The van der Waals surface area contributed by atoms with E-state index in [-0.39, 0.29) is 18.4 Å². The van der Waals surface area contributed by atoms with Gasteiger partial charge in [-0.15, -0.1) is 5.10 Å². The third kappa shape index (κ3) is 6.49. The Hall–Kier alpha value is -4.44. The summed E-state index contributed by atoms with van der Waals surface area (Å²) in [4.78, 5) is 32.1. The van der Waals surface area contributed by atoms with E-state index in [1.165, 1.54) is 4.90 Å². The lowest BCUT2D eigenvalue weighted by molar-refractivity contribution is -0.128. The number of nitrogens with zero attached hydrogens (tertiary/aromatic N) is 5. The number of morpholine rings is 1. The zero-order valence-corrected chi connectivity index (χ0v) is 23.9. The molecule has 1 aromatic heterocycles.